The maximum Gasteiger partial charge on any atom is 0.239 e. The SMILES string of the molecule is C=CCOC12Oc3ccc(Oc4ccc(OC)c(C=O)c4)cc3C3C(CCCCO)C(CCCCO)C=C(C(=NOCC)CC1N(C)C(=O)CCCCCCCCCCC)C32. The smallest absolute Gasteiger partial charge is 0.239 e. The zero-order chi connectivity index (χ0) is 43.6. The monoisotopic (exact) mass is 845 g/mol. The second-order valence-electron chi connectivity index (χ2n) is 16.9. The average Bonchev–Trinajstić information content (AvgIpc) is 3.27. The predicted octanol–water partition coefficient (Wildman–Crippen LogP) is 10.3. The lowest BCUT2D eigenvalue weighted by atomic mass is 9.55. The third-order valence-corrected chi connectivity index (χ3v) is 12.9. The molecule has 1 saturated carbocycles. The minimum absolute atomic E-state index is 0.0405. The largest absolute Gasteiger partial charge is 0.496 e. The zero-order valence-corrected chi connectivity index (χ0v) is 37.3. The van der Waals surface area contributed by atoms with Crippen LogP contribution in [0.4, 0.5) is 0 Å². The van der Waals surface area contributed by atoms with Crippen LogP contribution in [-0.4, -0.2) is 85.4 Å². The molecule has 1 amide bonds. The van der Waals surface area contributed by atoms with Crippen LogP contribution in [0, 0.1) is 17.8 Å². The van der Waals surface area contributed by atoms with E-state index in [1.54, 1.807) is 24.3 Å². The van der Waals surface area contributed by atoms with Gasteiger partial charge in [-0.05, 0) is 92.8 Å². The van der Waals surface area contributed by atoms with E-state index in [-0.39, 0.29) is 43.5 Å². The number of hydrogen-bond donors (Lipinski definition) is 2. The number of fused-ring (bicyclic) bond motifs is 2. The van der Waals surface area contributed by atoms with E-state index in [1.165, 1.54) is 45.6 Å². The highest BCUT2D eigenvalue weighted by Gasteiger charge is 2.65. The Morgan fingerprint density at radius 1 is 0.934 bits per heavy atom. The summed E-state index contributed by atoms with van der Waals surface area (Å²) in [5.41, 5.74) is 3.11. The first-order valence-corrected chi connectivity index (χ1v) is 23.1. The van der Waals surface area contributed by atoms with Gasteiger partial charge in [0.05, 0.1) is 30.9 Å². The number of ether oxygens (including phenoxy) is 4. The number of aliphatic hydroxyl groups excluding tert-OH is 2. The van der Waals surface area contributed by atoms with Crippen molar-refractivity contribution >= 4 is 17.9 Å². The van der Waals surface area contributed by atoms with Crippen molar-refractivity contribution in [3.05, 3.63) is 71.8 Å². The molecule has 6 unspecified atom stereocenters. The molecular weight excluding hydrogens is 773 g/mol. The first-order valence-electron chi connectivity index (χ1n) is 23.1. The fraction of sp³-hybridized carbons (Fsp3) is 0.620. The summed E-state index contributed by atoms with van der Waals surface area (Å²) < 4.78 is 26.1. The number of methoxy groups -OCH3 is 1. The minimum Gasteiger partial charge on any atom is -0.496 e. The number of rotatable bonds is 28. The molecule has 11 heteroatoms. The van der Waals surface area contributed by atoms with E-state index < -0.39 is 17.7 Å². The van der Waals surface area contributed by atoms with Gasteiger partial charge < -0.3 is 38.9 Å². The van der Waals surface area contributed by atoms with Crippen molar-refractivity contribution < 1.29 is 43.6 Å². The van der Waals surface area contributed by atoms with E-state index in [9.17, 15) is 19.8 Å². The van der Waals surface area contributed by atoms with Crippen LogP contribution in [0.15, 0.2) is 65.9 Å². The predicted molar refractivity (Wildman–Crippen MR) is 240 cm³/mol. The van der Waals surface area contributed by atoms with Gasteiger partial charge in [0, 0.05) is 44.6 Å². The zero-order valence-electron chi connectivity index (χ0n) is 37.3. The van der Waals surface area contributed by atoms with Gasteiger partial charge in [-0.25, -0.2) is 0 Å². The molecular formula is C50H72N2O9. The van der Waals surface area contributed by atoms with Crippen LogP contribution in [0.5, 0.6) is 23.0 Å². The Kier molecular flexibility index (Phi) is 19.2. The molecule has 2 aromatic carbocycles. The molecule has 336 valence electrons. The Morgan fingerprint density at radius 3 is 2.30 bits per heavy atom. The summed E-state index contributed by atoms with van der Waals surface area (Å²) in [6, 6.07) is 10.4. The van der Waals surface area contributed by atoms with Gasteiger partial charge in [0.15, 0.2) is 6.29 Å². The highest BCUT2D eigenvalue weighted by Crippen LogP contribution is 2.62. The number of hydrogen-bond acceptors (Lipinski definition) is 10. The normalized spacial score (nSPS) is 23.3. The van der Waals surface area contributed by atoms with Crippen LogP contribution in [-0.2, 0) is 14.4 Å². The van der Waals surface area contributed by atoms with Crippen molar-refractivity contribution in [1.82, 2.24) is 4.90 Å². The van der Waals surface area contributed by atoms with E-state index >= 15 is 0 Å². The fourth-order valence-corrected chi connectivity index (χ4v) is 9.87. The summed E-state index contributed by atoms with van der Waals surface area (Å²) in [5, 5.41) is 24.5. The lowest BCUT2D eigenvalue weighted by Gasteiger charge is -2.59. The molecule has 0 bridgehead atoms. The number of unbranched alkanes of at least 4 members (excludes halogenated alkanes) is 10. The summed E-state index contributed by atoms with van der Waals surface area (Å²) in [4.78, 5) is 33.9. The van der Waals surface area contributed by atoms with Crippen LogP contribution in [0.25, 0.3) is 0 Å². The molecule has 3 aliphatic rings. The number of likely N-dealkylation sites (N-methyl/N-ethyl adjacent to an activating group) is 1. The maximum atomic E-state index is 14.3. The van der Waals surface area contributed by atoms with Gasteiger partial charge in [0.1, 0.15) is 35.6 Å². The van der Waals surface area contributed by atoms with Crippen molar-refractivity contribution in [1.29, 1.82) is 0 Å². The van der Waals surface area contributed by atoms with Crippen molar-refractivity contribution in [3.8, 4) is 23.0 Å². The maximum absolute atomic E-state index is 14.3. The van der Waals surface area contributed by atoms with Crippen LogP contribution < -0.4 is 14.2 Å². The third kappa shape index (κ3) is 11.8. The second kappa shape index (κ2) is 24.4. The van der Waals surface area contributed by atoms with E-state index in [0.717, 1.165) is 68.1 Å². The van der Waals surface area contributed by atoms with Crippen LogP contribution >= 0.6 is 0 Å². The molecule has 6 atom stereocenters. The summed E-state index contributed by atoms with van der Waals surface area (Å²) in [6.07, 6.45) is 20.9. The highest BCUT2D eigenvalue weighted by atomic mass is 16.7. The first-order chi connectivity index (χ1) is 29.8. The average molecular weight is 845 g/mol. The molecule has 61 heavy (non-hydrogen) atoms. The number of benzene rings is 2. The second-order valence-corrected chi connectivity index (χ2v) is 16.9. The Morgan fingerprint density at radius 2 is 1.62 bits per heavy atom. The van der Waals surface area contributed by atoms with Gasteiger partial charge >= 0.3 is 0 Å². The molecule has 1 fully saturated rings. The number of amides is 1. The molecule has 0 radical (unpaired) electrons. The summed E-state index contributed by atoms with van der Waals surface area (Å²) in [6.45, 7) is 8.99. The fourth-order valence-electron chi connectivity index (χ4n) is 9.87. The van der Waals surface area contributed by atoms with Crippen molar-refractivity contribution in [3.63, 3.8) is 0 Å². The van der Waals surface area contributed by atoms with Gasteiger partial charge in [-0.15, -0.1) is 6.58 Å². The molecule has 0 spiro atoms. The Balaban J connectivity index is 1.59. The van der Waals surface area contributed by atoms with Crippen LogP contribution in [0.3, 0.4) is 0 Å². The number of oxime groups is 1. The van der Waals surface area contributed by atoms with E-state index in [1.807, 2.05) is 37.1 Å². The topological polar surface area (TPSA) is 136 Å². The van der Waals surface area contributed by atoms with Gasteiger partial charge in [0.2, 0.25) is 11.7 Å². The molecule has 11 nitrogen and oxygen atoms in total. The lowest BCUT2D eigenvalue weighted by molar-refractivity contribution is -0.255. The minimum atomic E-state index is -1.30. The molecule has 2 aromatic rings. The third-order valence-electron chi connectivity index (χ3n) is 12.9. The Bertz CT molecular complexity index is 1780. The Hall–Kier alpha value is -4.19. The van der Waals surface area contributed by atoms with Crippen LogP contribution in [0.1, 0.15) is 145 Å². The molecule has 0 saturated heterocycles. The number of aliphatic hydroxyl groups is 2. The number of carbonyl (C=O) groups is 2. The van der Waals surface area contributed by atoms with E-state index in [2.05, 4.69) is 19.6 Å². The quantitative estimate of drug-likeness (QED) is 0.0371. The standard InChI is InChI=1S/C50H72N2O9/c1-6-9-10-11-12-13-14-15-16-23-47(56)52(4)46-34-43(51-59-8-3)41-32-36(21-17-19-28-53)40(22-18-20-29-54)48-42-33-39(60-38-24-26-44(57-5)37(31-38)35-55)25-27-45(42)61-50(46,49(41)48)58-30-7-2/h7,24-27,31-33,35-36,40,46,48-49,53-54H,2,6,8-23,28-30,34H2,1,3-5H3. The summed E-state index contributed by atoms with van der Waals surface area (Å²) in [7, 11) is 3.40. The number of nitrogens with zero attached hydrogens (tertiary/aromatic N) is 2. The molecule has 2 aliphatic carbocycles. The molecule has 1 aliphatic heterocycles. The molecule has 5 rings (SSSR count). The van der Waals surface area contributed by atoms with E-state index in [4.69, 9.17) is 28.9 Å². The highest BCUT2D eigenvalue weighted by molar-refractivity contribution is 6.03. The Labute approximate surface area is 364 Å². The summed E-state index contributed by atoms with van der Waals surface area (Å²) in [5.74, 6) is 0.552. The van der Waals surface area contributed by atoms with Crippen molar-refractivity contribution in [2.75, 3.05) is 40.6 Å². The number of carbonyl (C=O) groups excluding carboxylic acids is 2. The van der Waals surface area contributed by atoms with E-state index in [0.29, 0.717) is 60.9 Å². The van der Waals surface area contributed by atoms with Crippen molar-refractivity contribution in [2.24, 2.45) is 22.9 Å². The summed E-state index contributed by atoms with van der Waals surface area (Å²) >= 11 is 0. The van der Waals surface area contributed by atoms with Gasteiger partial charge in [-0.1, -0.05) is 88.4 Å². The van der Waals surface area contributed by atoms with Crippen molar-refractivity contribution in [2.45, 2.75) is 141 Å². The molecule has 1 heterocycles. The number of aldehydes is 1. The van der Waals surface area contributed by atoms with Gasteiger partial charge in [-0.2, -0.15) is 0 Å². The van der Waals surface area contributed by atoms with Gasteiger partial charge in [-0.3, -0.25) is 9.59 Å². The first kappa shape index (κ1) is 47.9. The molecule has 2 N–H and O–H groups in total. The lowest BCUT2D eigenvalue weighted by Crippen LogP contribution is -2.69. The molecule has 0 aromatic heterocycles. The van der Waals surface area contributed by atoms with Gasteiger partial charge in [0.25, 0.3) is 0 Å². The van der Waals surface area contributed by atoms with Crippen LogP contribution in [0.2, 0.25) is 0 Å². The number of allylic oxidation sites excluding steroid dienone is 1.